The Hall–Kier alpha value is -1.57. The molecule has 2 rings (SSSR count). The van der Waals surface area contributed by atoms with Crippen molar-refractivity contribution in [2.24, 2.45) is 0 Å². The number of rotatable bonds is 2. The van der Waals surface area contributed by atoms with E-state index in [0.717, 1.165) is 35.0 Å². The zero-order valence-electron chi connectivity index (χ0n) is 9.37. The molecule has 0 atom stereocenters. The molecule has 0 radical (unpaired) electrons. The predicted octanol–water partition coefficient (Wildman–Crippen LogP) is 3.09. The predicted molar refractivity (Wildman–Crippen MR) is 62.5 cm³/mol. The summed E-state index contributed by atoms with van der Waals surface area (Å²) < 4.78 is 2.18. The van der Waals surface area contributed by atoms with Crippen LogP contribution in [0.15, 0.2) is 18.2 Å². The van der Waals surface area contributed by atoms with Crippen LogP contribution in [0, 0.1) is 13.8 Å². The molecule has 0 unspecified atom stereocenters. The highest BCUT2D eigenvalue weighted by Gasteiger charge is 2.11. The summed E-state index contributed by atoms with van der Waals surface area (Å²) in [5.41, 5.74) is 4.24. The molecule has 0 fully saturated rings. The summed E-state index contributed by atoms with van der Waals surface area (Å²) in [7, 11) is 0. The van der Waals surface area contributed by atoms with Gasteiger partial charge in [-0.15, -0.1) is 0 Å². The lowest BCUT2D eigenvalue weighted by Gasteiger charge is -2.03. The fourth-order valence-electron chi connectivity index (χ4n) is 2.18. The maximum atomic E-state index is 11.1. The maximum Gasteiger partial charge on any atom is 0.152 e. The van der Waals surface area contributed by atoms with Crippen LogP contribution < -0.4 is 0 Å². The highest BCUT2D eigenvalue weighted by atomic mass is 16.1. The van der Waals surface area contributed by atoms with Gasteiger partial charge in [0.25, 0.3) is 0 Å². The second-order valence-corrected chi connectivity index (χ2v) is 3.88. The van der Waals surface area contributed by atoms with Gasteiger partial charge < -0.3 is 4.57 Å². The number of hydrogen-bond donors (Lipinski definition) is 0. The van der Waals surface area contributed by atoms with E-state index >= 15 is 0 Å². The first-order valence-electron chi connectivity index (χ1n) is 5.23. The van der Waals surface area contributed by atoms with Crippen molar-refractivity contribution >= 4 is 17.2 Å². The summed E-state index contributed by atoms with van der Waals surface area (Å²) in [5.74, 6) is 0. The number of aromatic nitrogens is 1. The van der Waals surface area contributed by atoms with Gasteiger partial charge in [0.1, 0.15) is 0 Å². The topological polar surface area (TPSA) is 22.0 Å². The quantitative estimate of drug-likeness (QED) is 0.684. The maximum absolute atomic E-state index is 11.1. The summed E-state index contributed by atoms with van der Waals surface area (Å²) in [6.07, 6.45) is 0.962. The molecule has 0 spiro atoms. The van der Waals surface area contributed by atoms with Crippen LogP contribution in [0.2, 0.25) is 0 Å². The number of aryl methyl sites for hydroxylation is 2. The third kappa shape index (κ3) is 1.37. The van der Waals surface area contributed by atoms with E-state index in [1.54, 1.807) is 0 Å². The molecule has 1 aromatic carbocycles. The number of hydrogen-bond acceptors (Lipinski definition) is 1. The Labute approximate surface area is 89.5 Å². The molecule has 0 amide bonds. The molecule has 1 heterocycles. The van der Waals surface area contributed by atoms with Gasteiger partial charge in [-0.05, 0) is 32.9 Å². The first-order chi connectivity index (χ1) is 7.19. The van der Waals surface area contributed by atoms with Crippen molar-refractivity contribution in [2.75, 3.05) is 0 Å². The average Bonchev–Trinajstić information content (AvgIpc) is 2.48. The molecule has 2 aromatic rings. The first-order valence-corrected chi connectivity index (χ1v) is 5.23. The molecule has 2 heteroatoms. The van der Waals surface area contributed by atoms with Gasteiger partial charge in [-0.3, -0.25) is 4.79 Å². The molecule has 0 aliphatic rings. The summed E-state index contributed by atoms with van der Waals surface area (Å²) in [6.45, 7) is 7.05. The van der Waals surface area contributed by atoms with Crippen LogP contribution in [-0.2, 0) is 6.54 Å². The average molecular weight is 201 g/mol. The molecule has 0 saturated carbocycles. The SMILES string of the molecule is CCn1c(C)c(C=O)c2cc(C)ccc21. The minimum absolute atomic E-state index is 0.829. The smallest absolute Gasteiger partial charge is 0.152 e. The highest BCUT2D eigenvalue weighted by molar-refractivity contribution is 5.99. The molecule has 2 nitrogen and oxygen atoms in total. The number of benzene rings is 1. The molecule has 0 aliphatic carbocycles. The third-order valence-electron chi connectivity index (χ3n) is 2.96. The third-order valence-corrected chi connectivity index (χ3v) is 2.96. The second kappa shape index (κ2) is 3.54. The fourth-order valence-corrected chi connectivity index (χ4v) is 2.18. The standard InChI is InChI=1S/C13H15NO/c1-4-14-10(3)12(8-15)11-7-9(2)5-6-13(11)14/h5-8H,4H2,1-3H3. The molecular formula is C13H15NO. The molecule has 15 heavy (non-hydrogen) atoms. The Morgan fingerprint density at radius 2 is 2.07 bits per heavy atom. The van der Waals surface area contributed by atoms with Gasteiger partial charge in [-0.25, -0.2) is 0 Å². The van der Waals surface area contributed by atoms with Crippen molar-refractivity contribution in [1.29, 1.82) is 0 Å². The number of carbonyl (C=O) groups is 1. The zero-order valence-corrected chi connectivity index (χ0v) is 9.37. The zero-order chi connectivity index (χ0) is 11.0. The van der Waals surface area contributed by atoms with E-state index in [-0.39, 0.29) is 0 Å². The Kier molecular flexibility index (Phi) is 2.35. The lowest BCUT2D eigenvalue weighted by Crippen LogP contribution is -1.96. The first kappa shape index (κ1) is 9.97. The monoisotopic (exact) mass is 201 g/mol. The number of nitrogens with zero attached hydrogens (tertiary/aromatic N) is 1. The molecule has 1 aromatic heterocycles. The molecule has 0 aliphatic heterocycles. The van der Waals surface area contributed by atoms with Crippen molar-refractivity contribution in [3.8, 4) is 0 Å². The van der Waals surface area contributed by atoms with Crippen LogP contribution in [0.4, 0.5) is 0 Å². The van der Waals surface area contributed by atoms with Crippen LogP contribution >= 0.6 is 0 Å². The lowest BCUT2D eigenvalue weighted by molar-refractivity contribution is 0.112. The molecular weight excluding hydrogens is 186 g/mol. The van der Waals surface area contributed by atoms with Crippen LogP contribution in [0.3, 0.4) is 0 Å². The Balaban J connectivity index is 2.91. The van der Waals surface area contributed by atoms with Gasteiger partial charge in [0.2, 0.25) is 0 Å². The molecule has 78 valence electrons. The normalized spacial score (nSPS) is 10.9. The molecule has 0 saturated heterocycles. The lowest BCUT2D eigenvalue weighted by atomic mass is 10.1. The van der Waals surface area contributed by atoms with Gasteiger partial charge in [0.15, 0.2) is 6.29 Å². The van der Waals surface area contributed by atoms with Gasteiger partial charge >= 0.3 is 0 Å². The van der Waals surface area contributed by atoms with Crippen molar-refractivity contribution in [3.05, 3.63) is 35.0 Å². The van der Waals surface area contributed by atoms with E-state index in [0.29, 0.717) is 0 Å². The van der Waals surface area contributed by atoms with Crippen molar-refractivity contribution in [1.82, 2.24) is 4.57 Å². The Bertz CT molecular complexity index is 523. The Morgan fingerprint density at radius 3 is 2.67 bits per heavy atom. The van der Waals surface area contributed by atoms with E-state index in [1.807, 2.05) is 13.8 Å². The largest absolute Gasteiger partial charge is 0.344 e. The van der Waals surface area contributed by atoms with Gasteiger partial charge in [-0.1, -0.05) is 11.6 Å². The van der Waals surface area contributed by atoms with Gasteiger partial charge in [-0.2, -0.15) is 0 Å². The van der Waals surface area contributed by atoms with E-state index in [1.165, 1.54) is 5.56 Å². The van der Waals surface area contributed by atoms with E-state index in [9.17, 15) is 4.79 Å². The van der Waals surface area contributed by atoms with E-state index in [4.69, 9.17) is 0 Å². The van der Waals surface area contributed by atoms with Crippen molar-refractivity contribution in [2.45, 2.75) is 27.3 Å². The van der Waals surface area contributed by atoms with Crippen molar-refractivity contribution in [3.63, 3.8) is 0 Å². The number of aldehydes is 1. The van der Waals surface area contributed by atoms with Crippen LogP contribution in [0.5, 0.6) is 0 Å². The van der Waals surface area contributed by atoms with E-state index in [2.05, 4.69) is 29.7 Å². The summed E-state index contributed by atoms with van der Waals surface area (Å²) in [6, 6.07) is 6.26. The Morgan fingerprint density at radius 1 is 1.33 bits per heavy atom. The summed E-state index contributed by atoms with van der Waals surface area (Å²) in [4.78, 5) is 11.1. The minimum atomic E-state index is 0.829. The van der Waals surface area contributed by atoms with Gasteiger partial charge in [0.05, 0.1) is 0 Å². The molecule has 0 bridgehead atoms. The highest BCUT2D eigenvalue weighted by Crippen LogP contribution is 2.25. The van der Waals surface area contributed by atoms with Crippen LogP contribution in [0.1, 0.15) is 28.5 Å². The minimum Gasteiger partial charge on any atom is -0.344 e. The van der Waals surface area contributed by atoms with Crippen LogP contribution in [-0.4, -0.2) is 10.9 Å². The van der Waals surface area contributed by atoms with Crippen LogP contribution in [0.25, 0.3) is 10.9 Å². The second-order valence-electron chi connectivity index (χ2n) is 3.88. The molecule has 0 N–H and O–H groups in total. The number of fused-ring (bicyclic) bond motifs is 1. The summed E-state index contributed by atoms with van der Waals surface area (Å²) in [5, 5.41) is 1.07. The van der Waals surface area contributed by atoms with E-state index < -0.39 is 0 Å². The van der Waals surface area contributed by atoms with Crippen molar-refractivity contribution < 1.29 is 4.79 Å². The number of carbonyl (C=O) groups excluding carboxylic acids is 1. The fraction of sp³-hybridized carbons (Fsp3) is 0.308. The van der Waals surface area contributed by atoms with Gasteiger partial charge in [0, 0.05) is 28.7 Å². The summed E-state index contributed by atoms with van der Waals surface area (Å²) >= 11 is 0.